The Bertz CT molecular complexity index is 830. The molecule has 1 aromatic heterocycles. The van der Waals surface area contributed by atoms with Crippen molar-refractivity contribution in [2.45, 2.75) is 26.3 Å². The van der Waals surface area contributed by atoms with Gasteiger partial charge in [0.25, 0.3) is 5.91 Å². The highest BCUT2D eigenvalue weighted by Gasteiger charge is 2.31. The van der Waals surface area contributed by atoms with E-state index in [0.717, 1.165) is 12.1 Å². The second-order valence-electron chi connectivity index (χ2n) is 5.88. The molecule has 2 rings (SSSR count). The highest BCUT2D eigenvalue weighted by atomic mass is 35.5. The number of anilines is 1. The molecule has 1 aromatic carbocycles. The van der Waals surface area contributed by atoms with Crippen molar-refractivity contribution in [1.82, 2.24) is 15.3 Å². The lowest BCUT2D eigenvalue weighted by atomic mass is 10.1. The zero-order chi connectivity index (χ0) is 21.6. The van der Waals surface area contributed by atoms with Crippen LogP contribution in [0.5, 0.6) is 5.75 Å². The summed E-state index contributed by atoms with van der Waals surface area (Å²) in [6.45, 7) is 4.93. The van der Waals surface area contributed by atoms with Gasteiger partial charge < -0.3 is 20.1 Å². The Morgan fingerprint density at radius 2 is 1.90 bits per heavy atom. The molecule has 0 spiro atoms. The molecule has 11 heteroatoms. The first-order chi connectivity index (χ1) is 13.6. The SMILES string of the molecule is CCN(CC)c1ncc(Cl)c(C(=O)NCC(O)c2ccc(OC(F)(F)F)cc2)n1. The molecule has 2 aromatic rings. The van der Waals surface area contributed by atoms with Gasteiger partial charge in [0.15, 0.2) is 5.69 Å². The molecule has 1 heterocycles. The summed E-state index contributed by atoms with van der Waals surface area (Å²) in [7, 11) is 0. The van der Waals surface area contributed by atoms with Crippen LogP contribution in [0.2, 0.25) is 5.02 Å². The van der Waals surface area contributed by atoms with Crippen LogP contribution < -0.4 is 15.0 Å². The molecule has 0 bridgehead atoms. The number of amides is 1. The minimum Gasteiger partial charge on any atom is -0.406 e. The van der Waals surface area contributed by atoms with E-state index < -0.39 is 24.1 Å². The predicted octanol–water partition coefficient (Wildman–Crippen LogP) is 3.34. The van der Waals surface area contributed by atoms with Gasteiger partial charge in [0.1, 0.15) is 5.75 Å². The maximum Gasteiger partial charge on any atom is 0.573 e. The molecule has 7 nitrogen and oxygen atoms in total. The van der Waals surface area contributed by atoms with Gasteiger partial charge >= 0.3 is 6.36 Å². The highest BCUT2D eigenvalue weighted by molar-refractivity contribution is 6.33. The topological polar surface area (TPSA) is 87.6 Å². The Kier molecular flexibility index (Phi) is 7.63. The third-order valence-corrected chi connectivity index (χ3v) is 4.22. The highest BCUT2D eigenvalue weighted by Crippen LogP contribution is 2.24. The lowest BCUT2D eigenvalue weighted by Crippen LogP contribution is -2.31. The maximum atomic E-state index is 12.4. The molecule has 158 valence electrons. The summed E-state index contributed by atoms with van der Waals surface area (Å²) in [5.41, 5.74) is 0.266. The van der Waals surface area contributed by atoms with Crippen LogP contribution in [-0.4, -0.2) is 47.0 Å². The Labute approximate surface area is 170 Å². The van der Waals surface area contributed by atoms with E-state index in [-0.39, 0.29) is 17.3 Å². The fourth-order valence-electron chi connectivity index (χ4n) is 2.46. The van der Waals surface area contributed by atoms with Gasteiger partial charge in [-0.2, -0.15) is 0 Å². The third-order valence-electron chi connectivity index (χ3n) is 3.95. The minimum absolute atomic E-state index is 0.0373. The zero-order valence-corrected chi connectivity index (χ0v) is 16.5. The monoisotopic (exact) mass is 432 g/mol. The molecular formula is C18H20ClF3N4O3. The van der Waals surface area contributed by atoms with E-state index in [9.17, 15) is 23.1 Å². The van der Waals surface area contributed by atoms with Crippen molar-refractivity contribution in [2.24, 2.45) is 0 Å². The second kappa shape index (κ2) is 9.75. The number of ether oxygens (including phenoxy) is 1. The largest absolute Gasteiger partial charge is 0.573 e. The standard InChI is InChI=1S/C18H20ClF3N4O3/c1-3-26(4-2)17-24-9-13(19)15(25-17)16(28)23-10-14(27)11-5-7-12(8-6-11)29-18(20,21)22/h5-9,14,27H,3-4,10H2,1-2H3,(H,23,28). The molecule has 1 amide bonds. The van der Waals surface area contributed by atoms with Crippen LogP contribution in [0, 0.1) is 0 Å². The van der Waals surface area contributed by atoms with Crippen LogP contribution >= 0.6 is 11.6 Å². The number of rotatable bonds is 8. The van der Waals surface area contributed by atoms with Crippen molar-refractivity contribution in [2.75, 3.05) is 24.5 Å². The van der Waals surface area contributed by atoms with Gasteiger partial charge in [-0.1, -0.05) is 23.7 Å². The van der Waals surface area contributed by atoms with Gasteiger partial charge in [-0.15, -0.1) is 13.2 Å². The van der Waals surface area contributed by atoms with Gasteiger partial charge in [-0.05, 0) is 31.5 Å². The van der Waals surface area contributed by atoms with E-state index in [1.807, 2.05) is 18.7 Å². The summed E-state index contributed by atoms with van der Waals surface area (Å²) in [4.78, 5) is 22.5. The van der Waals surface area contributed by atoms with Gasteiger partial charge in [-0.3, -0.25) is 4.79 Å². The molecular weight excluding hydrogens is 413 g/mol. The maximum absolute atomic E-state index is 12.4. The second-order valence-corrected chi connectivity index (χ2v) is 6.29. The number of nitrogens with zero attached hydrogens (tertiary/aromatic N) is 3. The van der Waals surface area contributed by atoms with Crippen molar-refractivity contribution < 1.29 is 27.8 Å². The van der Waals surface area contributed by atoms with Gasteiger partial charge in [0, 0.05) is 19.6 Å². The Balaban J connectivity index is 2.02. The molecule has 0 aliphatic rings. The average Bonchev–Trinajstić information content (AvgIpc) is 2.67. The summed E-state index contributed by atoms with van der Waals surface area (Å²) in [5.74, 6) is -0.665. The molecule has 0 aliphatic heterocycles. The van der Waals surface area contributed by atoms with Crippen molar-refractivity contribution in [3.8, 4) is 5.75 Å². The number of carbonyl (C=O) groups excluding carboxylic acids is 1. The summed E-state index contributed by atoms with van der Waals surface area (Å²) in [6, 6.07) is 4.69. The van der Waals surface area contributed by atoms with Gasteiger partial charge in [0.2, 0.25) is 5.95 Å². The molecule has 2 N–H and O–H groups in total. The molecule has 0 saturated heterocycles. The van der Waals surface area contributed by atoms with Crippen LogP contribution in [-0.2, 0) is 0 Å². The van der Waals surface area contributed by atoms with Crippen LogP contribution in [0.15, 0.2) is 30.5 Å². The zero-order valence-electron chi connectivity index (χ0n) is 15.7. The number of halogens is 4. The molecule has 0 aliphatic carbocycles. The lowest BCUT2D eigenvalue weighted by molar-refractivity contribution is -0.274. The van der Waals surface area contributed by atoms with E-state index >= 15 is 0 Å². The number of nitrogens with one attached hydrogen (secondary N) is 1. The first-order valence-corrected chi connectivity index (χ1v) is 9.11. The van der Waals surface area contributed by atoms with E-state index in [1.54, 1.807) is 0 Å². The quantitative estimate of drug-likeness (QED) is 0.665. The van der Waals surface area contributed by atoms with Crippen LogP contribution in [0.1, 0.15) is 36.0 Å². The minimum atomic E-state index is -4.80. The van der Waals surface area contributed by atoms with Crippen molar-refractivity contribution >= 4 is 23.5 Å². The number of aliphatic hydroxyl groups is 1. The molecule has 0 radical (unpaired) electrons. The number of aliphatic hydroxyl groups excluding tert-OH is 1. The van der Waals surface area contributed by atoms with E-state index in [0.29, 0.717) is 24.6 Å². The average molecular weight is 433 g/mol. The Morgan fingerprint density at radius 1 is 1.28 bits per heavy atom. The van der Waals surface area contributed by atoms with Crippen LogP contribution in [0.4, 0.5) is 19.1 Å². The smallest absolute Gasteiger partial charge is 0.406 e. The first-order valence-electron chi connectivity index (χ1n) is 8.74. The first kappa shape index (κ1) is 22.7. The van der Waals surface area contributed by atoms with Crippen molar-refractivity contribution in [3.63, 3.8) is 0 Å². The number of carbonyl (C=O) groups is 1. The van der Waals surface area contributed by atoms with Crippen LogP contribution in [0.25, 0.3) is 0 Å². The van der Waals surface area contributed by atoms with Gasteiger partial charge in [-0.25, -0.2) is 9.97 Å². The summed E-state index contributed by atoms with van der Waals surface area (Å²) < 4.78 is 40.3. The normalized spacial score (nSPS) is 12.4. The fraction of sp³-hybridized carbons (Fsp3) is 0.389. The number of aromatic nitrogens is 2. The third kappa shape index (κ3) is 6.47. The molecule has 0 fully saturated rings. The van der Waals surface area contributed by atoms with E-state index in [2.05, 4.69) is 20.0 Å². The molecule has 0 saturated carbocycles. The number of benzene rings is 1. The predicted molar refractivity (Wildman–Crippen MR) is 101 cm³/mol. The summed E-state index contributed by atoms with van der Waals surface area (Å²) >= 11 is 6.01. The molecule has 29 heavy (non-hydrogen) atoms. The number of hydrogen-bond acceptors (Lipinski definition) is 6. The summed E-state index contributed by atoms with van der Waals surface area (Å²) in [6.07, 6.45) is -4.62. The van der Waals surface area contributed by atoms with Crippen molar-refractivity contribution in [3.05, 3.63) is 46.7 Å². The van der Waals surface area contributed by atoms with Crippen molar-refractivity contribution in [1.29, 1.82) is 0 Å². The van der Waals surface area contributed by atoms with E-state index in [1.165, 1.54) is 18.3 Å². The molecule has 1 atom stereocenters. The fourth-order valence-corrected chi connectivity index (χ4v) is 2.64. The molecule has 1 unspecified atom stereocenters. The van der Waals surface area contributed by atoms with Gasteiger partial charge in [0.05, 0.1) is 17.3 Å². The van der Waals surface area contributed by atoms with E-state index in [4.69, 9.17) is 11.6 Å². The number of alkyl halides is 3. The Morgan fingerprint density at radius 3 is 2.45 bits per heavy atom. The van der Waals surface area contributed by atoms with Crippen LogP contribution in [0.3, 0.4) is 0 Å². The Hall–Kier alpha value is -2.59. The summed E-state index contributed by atoms with van der Waals surface area (Å²) in [5, 5.41) is 12.7. The number of hydrogen-bond donors (Lipinski definition) is 2. The lowest BCUT2D eigenvalue weighted by Gasteiger charge is -2.19.